The largest absolute Gasteiger partial charge is 0.489 e. The zero-order valence-corrected chi connectivity index (χ0v) is 28.9. The number of esters is 1. The molecule has 7 rings (SSSR count). The van der Waals surface area contributed by atoms with Crippen LogP contribution in [-0.2, 0) is 42.0 Å². The molecule has 2 aliphatic carbocycles. The lowest BCUT2D eigenvalue weighted by molar-refractivity contribution is -0.146. The van der Waals surface area contributed by atoms with E-state index in [0.29, 0.717) is 65.1 Å². The first-order valence-electron chi connectivity index (χ1n) is 16.3. The molecule has 0 bridgehead atoms. The van der Waals surface area contributed by atoms with Crippen LogP contribution >= 0.6 is 23.2 Å². The summed E-state index contributed by atoms with van der Waals surface area (Å²) < 4.78 is 16.7. The van der Waals surface area contributed by atoms with Crippen molar-refractivity contribution >= 4 is 40.9 Å². The molecule has 0 amide bonds. The van der Waals surface area contributed by atoms with Crippen LogP contribution in [0.4, 0.5) is 5.95 Å². The van der Waals surface area contributed by atoms with Gasteiger partial charge in [-0.1, -0.05) is 47.5 Å². The molecule has 11 heteroatoms. The molecule has 1 aromatic heterocycles. The van der Waals surface area contributed by atoms with Crippen LogP contribution in [-0.4, -0.2) is 28.3 Å². The predicted molar refractivity (Wildman–Crippen MR) is 193 cm³/mol. The topological polar surface area (TPSA) is 134 Å². The van der Waals surface area contributed by atoms with Crippen LogP contribution in [0.3, 0.4) is 0 Å². The first-order chi connectivity index (χ1) is 24.2. The number of ether oxygens (including phenoxy) is 3. The molecule has 0 saturated carbocycles. The van der Waals surface area contributed by atoms with Crippen molar-refractivity contribution in [3.63, 3.8) is 0 Å². The number of anilines is 1. The van der Waals surface area contributed by atoms with Crippen LogP contribution in [0.15, 0.2) is 89.7 Å². The van der Waals surface area contributed by atoms with Gasteiger partial charge in [-0.25, -0.2) is 4.98 Å². The number of nitrogen functional groups attached to an aromatic ring is 1. The lowest BCUT2D eigenvalue weighted by Gasteiger charge is -2.22. The number of benzene rings is 4. The molecule has 1 unspecified atom stereocenters. The Kier molecular flexibility index (Phi) is 10.8. The first kappa shape index (κ1) is 34.7. The molecule has 0 radical (unpaired) electrons. The van der Waals surface area contributed by atoms with Gasteiger partial charge in [-0.15, -0.1) is 0 Å². The normalized spacial score (nSPS) is 14.3. The molecule has 1 atom stereocenters. The maximum Gasteiger partial charge on any atom is 0.316 e. The van der Waals surface area contributed by atoms with Gasteiger partial charge in [-0.2, -0.15) is 0 Å². The number of hydrogen-bond acceptors (Lipinski definition) is 8. The van der Waals surface area contributed by atoms with E-state index in [4.69, 9.17) is 43.1 Å². The summed E-state index contributed by atoms with van der Waals surface area (Å²) in [4.78, 5) is 43.3. The standard InChI is InChI=1S/C20H19ClO4.C19H16ClN3O2/c1-2-24-20(23)18-9-5-14-11-16(8-10-17(14)19(18)22)25-12-13-3-6-15(21)7-4-13;20-13-4-1-11(2-5-13)10-25-14-6-8-15-12(9-14)3-7-16-17(15)22-19(21)23-18(16)24/h3-4,6-8,10-11,18H,2,5,9,12H2,1H3;1-2,4-6,8-9H,3,7,10H2,(H3,21,22,23,24). The van der Waals surface area contributed by atoms with Gasteiger partial charge in [0.1, 0.15) is 30.6 Å². The molecule has 3 N–H and O–H groups in total. The second kappa shape index (κ2) is 15.6. The molecule has 50 heavy (non-hydrogen) atoms. The Morgan fingerprint density at radius 1 is 0.800 bits per heavy atom. The van der Waals surface area contributed by atoms with Gasteiger partial charge in [-0.3, -0.25) is 19.4 Å². The fraction of sp³-hybridized carbons (Fsp3) is 0.231. The number of hydrogen-bond donors (Lipinski definition) is 2. The van der Waals surface area contributed by atoms with E-state index in [-0.39, 0.29) is 23.9 Å². The molecule has 0 aliphatic heterocycles. The molecular formula is C39H35Cl2N3O6. The first-order valence-corrected chi connectivity index (χ1v) is 17.0. The minimum absolute atomic E-state index is 0.139. The van der Waals surface area contributed by atoms with Gasteiger partial charge >= 0.3 is 5.97 Å². The summed E-state index contributed by atoms with van der Waals surface area (Å²) in [7, 11) is 0. The van der Waals surface area contributed by atoms with E-state index in [9.17, 15) is 14.4 Å². The average molecular weight is 713 g/mol. The van der Waals surface area contributed by atoms with Crippen molar-refractivity contribution < 1.29 is 23.8 Å². The Hall–Kier alpha value is -5.12. The van der Waals surface area contributed by atoms with Gasteiger partial charge in [0.2, 0.25) is 5.95 Å². The number of aryl methyl sites for hydroxylation is 2. The van der Waals surface area contributed by atoms with E-state index < -0.39 is 11.9 Å². The third-order valence-electron chi connectivity index (χ3n) is 8.58. The van der Waals surface area contributed by atoms with Gasteiger partial charge in [0.25, 0.3) is 5.56 Å². The van der Waals surface area contributed by atoms with E-state index >= 15 is 0 Å². The predicted octanol–water partition coefficient (Wildman–Crippen LogP) is 7.58. The Morgan fingerprint density at radius 3 is 1.94 bits per heavy atom. The van der Waals surface area contributed by atoms with Gasteiger partial charge < -0.3 is 19.9 Å². The Balaban J connectivity index is 0.000000173. The van der Waals surface area contributed by atoms with Gasteiger partial charge in [0.05, 0.1) is 12.3 Å². The summed E-state index contributed by atoms with van der Waals surface area (Å²) in [6.45, 7) is 2.92. The molecule has 0 saturated heterocycles. The number of fused-ring (bicyclic) bond motifs is 4. The number of carbonyl (C=O) groups is 2. The van der Waals surface area contributed by atoms with Crippen molar-refractivity contribution in [1.29, 1.82) is 0 Å². The van der Waals surface area contributed by atoms with Crippen molar-refractivity contribution in [1.82, 2.24) is 9.97 Å². The number of halogens is 2. The fourth-order valence-electron chi connectivity index (χ4n) is 6.02. The van der Waals surface area contributed by atoms with Crippen LogP contribution in [0, 0.1) is 5.92 Å². The number of nitrogens with zero attached hydrogens (tertiary/aromatic N) is 1. The maximum atomic E-state index is 12.5. The van der Waals surface area contributed by atoms with Crippen molar-refractivity contribution in [2.75, 3.05) is 12.3 Å². The van der Waals surface area contributed by atoms with Crippen molar-refractivity contribution in [2.24, 2.45) is 5.92 Å². The number of nitrogens with one attached hydrogen (secondary N) is 1. The zero-order valence-electron chi connectivity index (χ0n) is 27.3. The third-order valence-corrected chi connectivity index (χ3v) is 9.08. The molecule has 5 aromatic rings. The van der Waals surface area contributed by atoms with E-state index in [0.717, 1.165) is 40.0 Å². The second-order valence-electron chi connectivity index (χ2n) is 12.0. The van der Waals surface area contributed by atoms with Crippen molar-refractivity contribution in [3.8, 4) is 22.8 Å². The number of aromatic nitrogens is 2. The Morgan fingerprint density at radius 2 is 1.36 bits per heavy atom. The number of nitrogens with two attached hydrogens (primary N) is 1. The van der Waals surface area contributed by atoms with E-state index in [1.54, 1.807) is 19.1 Å². The highest BCUT2D eigenvalue weighted by atomic mass is 35.5. The zero-order chi connectivity index (χ0) is 35.2. The van der Waals surface area contributed by atoms with Crippen LogP contribution in [0.5, 0.6) is 11.5 Å². The molecule has 0 fully saturated rings. The van der Waals surface area contributed by atoms with Crippen LogP contribution in [0.25, 0.3) is 11.3 Å². The van der Waals surface area contributed by atoms with E-state index in [1.807, 2.05) is 72.8 Å². The summed E-state index contributed by atoms with van der Waals surface area (Å²) in [5.41, 5.74) is 12.5. The van der Waals surface area contributed by atoms with E-state index in [1.165, 1.54) is 0 Å². The number of aromatic amines is 1. The average Bonchev–Trinajstić information content (AvgIpc) is 3.11. The van der Waals surface area contributed by atoms with Crippen molar-refractivity contribution in [2.45, 2.75) is 45.8 Å². The molecule has 1 heterocycles. The Labute approximate surface area is 299 Å². The number of rotatable bonds is 8. The van der Waals surface area contributed by atoms with E-state index in [2.05, 4.69) is 9.97 Å². The van der Waals surface area contributed by atoms with Crippen LogP contribution < -0.4 is 20.8 Å². The van der Waals surface area contributed by atoms with Crippen molar-refractivity contribution in [3.05, 3.63) is 139 Å². The number of carbonyl (C=O) groups excluding carboxylic acids is 2. The summed E-state index contributed by atoms with van der Waals surface area (Å²) in [5, 5.41) is 1.39. The van der Waals surface area contributed by atoms with Gasteiger partial charge in [0, 0.05) is 26.7 Å². The monoisotopic (exact) mass is 711 g/mol. The molecule has 0 spiro atoms. The molecule has 2 aliphatic rings. The fourth-order valence-corrected chi connectivity index (χ4v) is 6.27. The van der Waals surface area contributed by atoms with Gasteiger partial charge in [-0.05, 0) is 116 Å². The molecule has 4 aromatic carbocycles. The maximum absolute atomic E-state index is 12.5. The third kappa shape index (κ3) is 8.18. The lowest BCUT2D eigenvalue weighted by Crippen LogP contribution is -2.31. The highest BCUT2D eigenvalue weighted by molar-refractivity contribution is 6.30. The van der Waals surface area contributed by atoms with Crippen LogP contribution in [0.1, 0.15) is 51.5 Å². The Bertz CT molecular complexity index is 2080. The molecule has 256 valence electrons. The molecule has 9 nitrogen and oxygen atoms in total. The number of ketones is 1. The highest BCUT2D eigenvalue weighted by Gasteiger charge is 2.34. The minimum Gasteiger partial charge on any atom is -0.489 e. The van der Waals surface area contributed by atoms with Gasteiger partial charge in [0.15, 0.2) is 5.78 Å². The second-order valence-corrected chi connectivity index (χ2v) is 12.8. The summed E-state index contributed by atoms with van der Waals surface area (Å²) in [6.07, 6.45) is 2.55. The summed E-state index contributed by atoms with van der Waals surface area (Å²) >= 11 is 11.8. The summed E-state index contributed by atoms with van der Waals surface area (Å²) in [6, 6.07) is 26.3. The SMILES string of the molecule is CCOC(=O)C1CCc2cc(OCc3ccc(Cl)cc3)ccc2C1=O.Nc1nc2c(c(=O)[nH]1)CCc1cc(OCc3ccc(Cl)cc3)ccc1-2. The molecular weight excluding hydrogens is 677 g/mol. The number of Topliss-reactive ketones (excluding diaryl/α,β-unsaturated/α-hetero) is 1. The highest BCUT2D eigenvalue weighted by Crippen LogP contribution is 2.33. The van der Waals surface area contributed by atoms with Crippen LogP contribution in [0.2, 0.25) is 10.0 Å². The minimum atomic E-state index is -0.687. The summed E-state index contributed by atoms with van der Waals surface area (Å²) in [5.74, 6) is 0.351. The number of H-pyrrole nitrogens is 1. The smallest absolute Gasteiger partial charge is 0.316 e. The quantitative estimate of drug-likeness (QED) is 0.124. The lowest BCUT2D eigenvalue weighted by atomic mass is 9.82.